The third-order valence-electron chi connectivity index (χ3n) is 5.90. The normalized spacial score (nSPS) is 26.6. The number of benzene rings is 1. The highest BCUT2D eigenvalue weighted by Crippen LogP contribution is 2.59. The second-order valence-corrected chi connectivity index (χ2v) is 10.9. The number of nitrogens with one attached hydrogen (secondary N) is 1. The summed E-state index contributed by atoms with van der Waals surface area (Å²) in [6.45, 7) is 4.14. The lowest BCUT2D eigenvalue weighted by Gasteiger charge is -2.31. The van der Waals surface area contributed by atoms with E-state index in [0.717, 1.165) is 6.20 Å². The Kier molecular flexibility index (Phi) is 8.62. The van der Waals surface area contributed by atoms with E-state index in [0.29, 0.717) is 10.1 Å². The summed E-state index contributed by atoms with van der Waals surface area (Å²) < 4.78 is 69.9. The SMILES string of the molecule is CC(C)OC(=O)[C@H](C)CCOP1(=O)OC[C@H]2O[C@@H](n3ccc(NC(=O)c4ccccc4)nc3=O)C(F)(F)C2O1. The lowest BCUT2D eigenvalue weighted by atomic mass is 10.1. The molecule has 1 N–H and O–H groups in total. The topological polar surface area (TPSA) is 144 Å². The summed E-state index contributed by atoms with van der Waals surface area (Å²) in [5, 5.41) is 2.42. The minimum Gasteiger partial charge on any atom is -0.463 e. The lowest BCUT2D eigenvalue weighted by Crippen LogP contribution is -2.45. The number of anilines is 1. The zero-order chi connectivity index (χ0) is 28.4. The Morgan fingerprint density at radius 2 is 1.95 bits per heavy atom. The standard InChI is InChI=1S/C24H28F2N3O9P/c1-14(2)36-21(31)15(3)10-12-34-39(33)35-13-17-19(38-39)24(25,26)22(37-17)29-11-9-18(28-23(29)32)27-20(30)16-7-5-4-6-8-16/h4-9,11,14-15,17,19,22H,10,12-13H2,1-3H3,(H,27,28,30,32)/t15-,17-,19?,22-,39?/m1/s1. The van der Waals surface area contributed by atoms with Crippen LogP contribution in [0.1, 0.15) is 43.8 Å². The van der Waals surface area contributed by atoms with Crippen molar-refractivity contribution < 1.29 is 46.0 Å². The van der Waals surface area contributed by atoms with Gasteiger partial charge in [0.2, 0.25) is 6.23 Å². The molecule has 15 heteroatoms. The third kappa shape index (κ3) is 6.59. The van der Waals surface area contributed by atoms with E-state index in [2.05, 4.69) is 10.3 Å². The minimum atomic E-state index is -4.42. The van der Waals surface area contributed by atoms with Crippen LogP contribution in [0, 0.1) is 5.92 Å². The predicted octanol–water partition coefficient (Wildman–Crippen LogP) is 3.55. The molecule has 2 saturated heterocycles. The Bertz CT molecular complexity index is 1310. The number of alkyl halides is 2. The summed E-state index contributed by atoms with van der Waals surface area (Å²) in [7, 11) is -4.42. The predicted molar refractivity (Wildman–Crippen MR) is 131 cm³/mol. The Hall–Kier alpha value is -3.03. The average molecular weight is 571 g/mol. The Labute approximate surface area is 222 Å². The number of carbonyl (C=O) groups excluding carboxylic acids is 2. The lowest BCUT2D eigenvalue weighted by molar-refractivity contribution is -0.152. The molecule has 3 heterocycles. The van der Waals surface area contributed by atoms with Crippen molar-refractivity contribution in [3.8, 4) is 0 Å². The second kappa shape index (κ2) is 11.6. The van der Waals surface area contributed by atoms with Gasteiger partial charge in [0.05, 0.1) is 25.2 Å². The first kappa shape index (κ1) is 29.0. The smallest absolute Gasteiger partial charge is 0.463 e. The number of ether oxygens (including phenoxy) is 2. The zero-order valence-electron chi connectivity index (χ0n) is 21.3. The van der Waals surface area contributed by atoms with Crippen molar-refractivity contribution >= 4 is 25.5 Å². The maximum Gasteiger partial charge on any atom is 0.475 e. The number of phosphoric acid groups is 1. The fourth-order valence-electron chi connectivity index (χ4n) is 3.88. The fourth-order valence-corrected chi connectivity index (χ4v) is 5.29. The van der Waals surface area contributed by atoms with Crippen LogP contribution in [0.4, 0.5) is 14.6 Å². The van der Waals surface area contributed by atoms with Gasteiger partial charge in [-0.3, -0.25) is 27.7 Å². The van der Waals surface area contributed by atoms with E-state index >= 15 is 8.78 Å². The molecule has 2 fully saturated rings. The van der Waals surface area contributed by atoms with Crippen LogP contribution >= 0.6 is 7.82 Å². The molecule has 1 amide bonds. The van der Waals surface area contributed by atoms with Gasteiger partial charge in [-0.25, -0.2) is 9.36 Å². The number of hydrogen-bond donors (Lipinski definition) is 1. The van der Waals surface area contributed by atoms with Gasteiger partial charge >= 0.3 is 25.4 Å². The first-order chi connectivity index (χ1) is 18.4. The van der Waals surface area contributed by atoms with Gasteiger partial charge in [0.25, 0.3) is 5.91 Å². The Morgan fingerprint density at radius 3 is 2.62 bits per heavy atom. The zero-order valence-corrected chi connectivity index (χ0v) is 22.2. The summed E-state index contributed by atoms with van der Waals surface area (Å²) in [5.41, 5.74) is -0.807. The highest BCUT2D eigenvalue weighted by molar-refractivity contribution is 7.48. The molecule has 5 atom stereocenters. The minimum absolute atomic E-state index is 0.0834. The number of fused-ring (bicyclic) bond motifs is 1. The molecule has 1 aromatic carbocycles. The van der Waals surface area contributed by atoms with Gasteiger partial charge in [-0.15, -0.1) is 0 Å². The van der Waals surface area contributed by atoms with Crippen molar-refractivity contribution in [3.63, 3.8) is 0 Å². The van der Waals surface area contributed by atoms with E-state index in [4.69, 9.17) is 23.0 Å². The fraction of sp³-hybridized carbons (Fsp3) is 0.500. The van der Waals surface area contributed by atoms with Crippen molar-refractivity contribution in [1.82, 2.24) is 9.55 Å². The quantitative estimate of drug-likeness (QED) is 0.351. The van der Waals surface area contributed by atoms with E-state index in [9.17, 15) is 18.9 Å². The molecule has 39 heavy (non-hydrogen) atoms. The molecule has 212 valence electrons. The van der Waals surface area contributed by atoms with Crippen molar-refractivity contribution in [2.45, 2.75) is 57.7 Å². The van der Waals surface area contributed by atoms with Crippen LogP contribution in [0.5, 0.6) is 0 Å². The number of phosphoric ester groups is 1. The van der Waals surface area contributed by atoms with Crippen LogP contribution in [0.25, 0.3) is 0 Å². The number of hydrogen-bond acceptors (Lipinski definition) is 10. The first-order valence-corrected chi connectivity index (χ1v) is 13.6. The summed E-state index contributed by atoms with van der Waals surface area (Å²) >= 11 is 0. The number of aromatic nitrogens is 2. The Morgan fingerprint density at radius 1 is 1.23 bits per heavy atom. The molecule has 2 aromatic rings. The molecular weight excluding hydrogens is 543 g/mol. The third-order valence-corrected chi connectivity index (χ3v) is 7.35. The van der Waals surface area contributed by atoms with E-state index < -0.39 is 62.3 Å². The summed E-state index contributed by atoms with van der Waals surface area (Å²) in [5.74, 6) is -5.60. The molecule has 4 rings (SSSR count). The van der Waals surface area contributed by atoms with Gasteiger partial charge in [-0.05, 0) is 38.5 Å². The van der Waals surface area contributed by atoms with Gasteiger partial charge in [0.1, 0.15) is 11.9 Å². The van der Waals surface area contributed by atoms with E-state index in [-0.39, 0.29) is 24.9 Å². The van der Waals surface area contributed by atoms with Crippen molar-refractivity contribution in [3.05, 3.63) is 58.6 Å². The molecular formula is C24H28F2N3O9P. The number of halogens is 2. The van der Waals surface area contributed by atoms with Crippen molar-refractivity contribution in [2.75, 3.05) is 18.5 Å². The molecule has 0 saturated carbocycles. The summed E-state index contributed by atoms with van der Waals surface area (Å²) in [6.07, 6.45) is -4.78. The van der Waals surface area contributed by atoms with Gasteiger partial charge in [0, 0.05) is 11.8 Å². The second-order valence-electron chi connectivity index (χ2n) is 9.30. The van der Waals surface area contributed by atoms with Gasteiger partial charge in [0.15, 0.2) is 6.10 Å². The van der Waals surface area contributed by atoms with Crippen LogP contribution < -0.4 is 11.0 Å². The monoisotopic (exact) mass is 571 g/mol. The molecule has 1 aromatic heterocycles. The van der Waals surface area contributed by atoms with Crippen LogP contribution in [0.2, 0.25) is 0 Å². The van der Waals surface area contributed by atoms with E-state index in [1.807, 2.05) is 0 Å². The highest BCUT2D eigenvalue weighted by Gasteiger charge is 2.65. The van der Waals surface area contributed by atoms with Crippen molar-refractivity contribution in [2.24, 2.45) is 5.92 Å². The van der Waals surface area contributed by atoms with E-state index in [1.54, 1.807) is 51.1 Å². The van der Waals surface area contributed by atoms with E-state index in [1.165, 1.54) is 6.07 Å². The van der Waals surface area contributed by atoms with Crippen LogP contribution in [0.15, 0.2) is 47.4 Å². The number of nitrogens with zero attached hydrogens (tertiary/aromatic N) is 2. The van der Waals surface area contributed by atoms with Gasteiger partial charge in [-0.1, -0.05) is 25.1 Å². The molecule has 0 bridgehead atoms. The first-order valence-electron chi connectivity index (χ1n) is 12.2. The number of rotatable bonds is 9. The average Bonchev–Trinajstić information content (AvgIpc) is 3.13. The molecule has 2 aliphatic rings. The number of amides is 1. The van der Waals surface area contributed by atoms with Crippen LogP contribution in [-0.2, 0) is 32.4 Å². The maximum absolute atomic E-state index is 15.4. The molecule has 0 aliphatic carbocycles. The highest BCUT2D eigenvalue weighted by atomic mass is 31.2. The summed E-state index contributed by atoms with van der Waals surface area (Å²) in [6, 6.07) is 9.30. The van der Waals surface area contributed by atoms with Gasteiger partial charge < -0.3 is 14.8 Å². The largest absolute Gasteiger partial charge is 0.475 e. The van der Waals surface area contributed by atoms with Crippen molar-refractivity contribution in [1.29, 1.82) is 0 Å². The number of carbonyl (C=O) groups is 2. The summed E-state index contributed by atoms with van der Waals surface area (Å²) in [4.78, 5) is 40.4. The molecule has 0 spiro atoms. The molecule has 12 nitrogen and oxygen atoms in total. The molecule has 2 unspecified atom stereocenters. The number of esters is 1. The Balaban J connectivity index is 1.40. The molecule has 0 radical (unpaired) electrons. The van der Waals surface area contributed by atoms with Crippen LogP contribution in [-0.4, -0.2) is 58.9 Å². The maximum atomic E-state index is 15.4. The van der Waals surface area contributed by atoms with Gasteiger partial charge in [-0.2, -0.15) is 13.8 Å². The van der Waals surface area contributed by atoms with Crippen LogP contribution in [0.3, 0.4) is 0 Å². The molecule has 2 aliphatic heterocycles.